The number of rotatable bonds is 5. The van der Waals surface area contributed by atoms with E-state index in [0.717, 1.165) is 26.8 Å². The molecule has 1 aromatic heterocycles. The van der Waals surface area contributed by atoms with Gasteiger partial charge in [-0.2, -0.15) is 0 Å². The van der Waals surface area contributed by atoms with E-state index in [2.05, 4.69) is 10.3 Å². The van der Waals surface area contributed by atoms with E-state index >= 15 is 0 Å². The minimum absolute atomic E-state index is 0.221. The van der Waals surface area contributed by atoms with Crippen molar-refractivity contribution in [3.8, 4) is 0 Å². The van der Waals surface area contributed by atoms with Crippen LogP contribution in [0.15, 0.2) is 53.8 Å². The Labute approximate surface area is 206 Å². The number of aliphatic carboxylic acids is 1. The van der Waals surface area contributed by atoms with Gasteiger partial charge in [0.25, 0.3) is 5.91 Å². The normalized spacial score (nSPS) is 19.5. The molecular weight excluding hydrogens is 552 g/mol. The van der Waals surface area contributed by atoms with E-state index in [9.17, 15) is 19.1 Å². The largest absolute Gasteiger partial charge is 0.478 e. The molecule has 0 spiro atoms. The molecule has 1 aromatic carbocycles. The summed E-state index contributed by atoms with van der Waals surface area (Å²) < 4.78 is 21.0. The molecule has 1 atom stereocenters. The lowest BCUT2D eigenvalue weighted by atomic mass is 9.90. The Bertz CT molecular complexity index is 1280. The SMILES string of the molecule is Cc1ncc(NC(=O)c2cc(F)cc(N3CCOCC3)c2)cc1C1=IC2CC=C2C(C(=O)O)=C1. The fourth-order valence-electron chi connectivity index (χ4n) is 4.17. The summed E-state index contributed by atoms with van der Waals surface area (Å²) in [6, 6.07) is 6.16. The van der Waals surface area contributed by atoms with Crippen molar-refractivity contribution >= 4 is 47.5 Å². The number of amides is 1. The number of hydrogen-bond donors (Lipinski definition) is 2. The number of morpholine rings is 1. The molecule has 1 saturated heterocycles. The van der Waals surface area contributed by atoms with Crippen molar-refractivity contribution in [1.82, 2.24) is 4.98 Å². The summed E-state index contributed by atoms with van der Waals surface area (Å²) >= 11 is -0.420. The van der Waals surface area contributed by atoms with Crippen molar-refractivity contribution < 1.29 is 23.8 Å². The quantitative estimate of drug-likeness (QED) is 0.416. The van der Waals surface area contributed by atoms with Crippen LogP contribution in [0.2, 0.25) is 0 Å². The third-order valence-corrected chi connectivity index (χ3v) is 9.56. The number of allylic oxidation sites excluding steroid dienone is 2. The third kappa shape index (κ3) is 4.54. The van der Waals surface area contributed by atoms with Crippen molar-refractivity contribution in [3.63, 3.8) is 0 Å². The van der Waals surface area contributed by atoms with Crippen LogP contribution in [0.5, 0.6) is 0 Å². The summed E-state index contributed by atoms with van der Waals surface area (Å²) in [5.74, 6) is -1.83. The van der Waals surface area contributed by atoms with Gasteiger partial charge in [0.1, 0.15) is 5.82 Å². The molecule has 34 heavy (non-hydrogen) atoms. The number of fused-ring (bicyclic) bond motifs is 1. The number of benzene rings is 1. The molecule has 2 N–H and O–H groups in total. The number of ether oxygens (including phenoxy) is 1. The van der Waals surface area contributed by atoms with Gasteiger partial charge in [-0.25, -0.2) is 9.18 Å². The number of carbonyl (C=O) groups excluding carboxylic acids is 1. The van der Waals surface area contributed by atoms with Crippen LogP contribution in [-0.4, -0.2) is 55.7 Å². The maximum atomic E-state index is 14.3. The molecule has 2 aliphatic heterocycles. The molecule has 2 aromatic rings. The van der Waals surface area contributed by atoms with Crippen LogP contribution >= 0.6 is 20.7 Å². The van der Waals surface area contributed by atoms with Gasteiger partial charge in [-0.15, -0.1) is 20.7 Å². The average Bonchev–Trinajstić information content (AvgIpc) is 2.81. The second kappa shape index (κ2) is 9.38. The molecular formula is C25H23FIN3O4. The summed E-state index contributed by atoms with van der Waals surface area (Å²) in [4.78, 5) is 31.1. The van der Waals surface area contributed by atoms with Gasteiger partial charge in [0.2, 0.25) is 0 Å². The molecule has 0 saturated carbocycles. The van der Waals surface area contributed by atoms with Crippen LogP contribution in [0, 0.1) is 12.7 Å². The number of nitrogens with zero attached hydrogens (tertiary/aromatic N) is 2. The van der Waals surface area contributed by atoms with Crippen molar-refractivity contribution in [2.24, 2.45) is 0 Å². The topological polar surface area (TPSA) is 91.8 Å². The number of pyridine rings is 1. The monoisotopic (exact) mass is 575 g/mol. The molecule has 1 unspecified atom stereocenters. The van der Waals surface area contributed by atoms with E-state index in [4.69, 9.17) is 4.74 Å². The standard InChI is InChI=1S/C25H23FIN3O4/c1-14-20(23-12-21(25(32)33)19-2-3-22(19)27-23)11-17(13-28-14)29-24(31)15-8-16(26)10-18(9-15)30-4-6-34-7-5-30/h2,8-13,22H,3-7H2,1H3,(H,29,31)(H,32,33). The lowest BCUT2D eigenvalue weighted by Gasteiger charge is -2.29. The first-order valence-corrected chi connectivity index (χ1v) is 13.3. The lowest BCUT2D eigenvalue weighted by Crippen LogP contribution is -2.36. The van der Waals surface area contributed by atoms with E-state index in [0.29, 0.717) is 47.2 Å². The molecule has 1 fully saturated rings. The first-order chi connectivity index (χ1) is 16.4. The number of carboxylic acid groups (broad SMARTS) is 1. The summed E-state index contributed by atoms with van der Waals surface area (Å²) in [6.07, 6.45) is 6.22. The van der Waals surface area contributed by atoms with Gasteiger partial charge >= 0.3 is 5.97 Å². The number of anilines is 2. The highest BCUT2D eigenvalue weighted by Crippen LogP contribution is 2.42. The summed E-state index contributed by atoms with van der Waals surface area (Å²) in [5.41, 5.74) is 4.28. The van der Waals surface area contributed by atoms with E-state index < -0.39 is 38.4 Å². The van der Waals surface area contributed by atoms with E-state index in [1.807, 2.05) is 24.0 Å². The van der Waals surface area contributed by atoms with Gasteiger partial charge in [0.15, 0.2) is 0 Å². The molecule has 3 heterocycles. The third-order valence-electron chi connectivity index (χ3n) is 6.07. The molecule has 3 aliphatic rings. The van der Waals surface area contributed by atoms with E-state index in [-0.39, 0.29) is 5.56 Å². The minimum atomic E-state index is -0.922. The highest BCUT2D eigenvalue weighted by molar-refractivity contribution is 14.2. The maximum Gasteiger partial charge on any atom is 0.336 e. The molecule has 1 aliphatic carbocycles. The molecule has 5 rings (SSSR count). The van der Waals surface area contributed by atoms with Crippen LogP contribution in [0.4, 0.5) is 15.8 Å². The van der Waals surface area contributed by atoms with Gasteiger partial charge in [-0.05, 0) is 49.3 Å². The van der Waals surface area contributed by atoms with Gasteiger partial charge in [-0.3, -0.25) is 9.78 Å². The number of nitrogens with one attached hydrogen (secondary N) is 1. The van der Waals surface area contributed by atoms with Gasteiger partial charge < -0.3 is 20.1 Å². The fourth-order valence-corrected chi connectivity index (χ4v) is 7.78. The van der Waals surface area contributed by atoms with Crippen LogP contribution in [-0.2, 0) is 9.53 Å². The zero-order valence-electron chi connectivity index (χ0n) is 18.5. The van der Waals surface area contributed by atoms with E-state index in [1.54, 1.807) is 18.3 Å². The Morgan fingerprint density at radius 2 is 2.03 bits per heavy atom. The predicted octanol–water partition coefficient (Wildman–Crippen LogP) is 3.83. The van der Waals surface area contributed by atoms with Crippen LogP contribution < -0.4 is 10.2 Å². The molecule has 1 amide bonds. The van der Waals surface area contributed by atoms with Crippen molar-refractivity contribution in [1.29, 1.82) is 0 Å². The summed E-state index contributed by atoms with van der Waals surface area (Å²) in [5, 5.41) is 12.4. The number of halogens is 2. The molecule has 0 radical (unpaired) electrons. The summed E-state index contributed by atoms with van der Waals surface area (Å²) in [6.45, 7) is 4.28. The number of alkyl halides is 1. The second-order valence-electron chi connectivity index (χ2n) is 8.29. The first kappa shape index (κ1) is 22.9. The molecule has 176 valence electrons. The number of hydrogen-bond acceptors (Lipinski definition) is 5. The Hall–Kier alpha value is -2.92. The second-order valence-corrected chi connectivity index (χ2v) is 11.6. The number of carboxylic acids is 1. The number of aromatic nitrogens is 1. The first-order valence-electron chi connectivity index (χ1n) is 11.0. The Balaban J connectivity index is 1.40. The Morgan fingerprint density at radius 3 is 2.74 bits per heavy atom. The molecule has 7 nitrogen and oxygen atoms in total. The highest BCUT2D eigenvalue weighted by Gasteiger charge is 2.31. The van der Waals surface area contributed by atoms with Crippen molar-refractivity contribution in [3.05, 3.63) is 76.4 Å². The fraction of sp³-hybridized carbons (Fsp3) is 0.280. The molecule has 9 heteroatoms. The van der Waals surface area contributed by atoms with Crippen LogP contribution in [0.3, 0.4) is 0 Å². The van der Waals surface area contributed by atoms with Crippen LogP contribution in [0.25, 0.3) is 0 Å². The zero-order chi connectivity index (χ0) is 23.8. The molecule has 0 bridgehead atoms. The number of aryl methyl sites for hydroxylation is 1. The Kier molecular flexibility index (Phi) is 6.30. The highest BCUT2D eigenvalue weighted by atomic mass is 127. The zero-order valence-corrected chi connectivity index (χ0v) is 20.6. The predicted molar refractivity (Wildman–Crippen MR) is 137 cm³/mol. The van der Waals surface area contributed by atoms with Crippen molar-refractivity contribution in [2.75, 3.05) is 36.5 Å². The smallest absolute Gasteiger partial charge is 0.336 e. The van der Waals surface area contributed by atoms with Crippen LogP contribution in [0.1, 0.15) is 28.0 Å². The minimum Gasteiger partial charge on any atom is -0.478 e. The number of carbonyl (C=O) groups is 2. The van der Waals surface area contributed by atoms with E-state index in [1.165, 1.54) is 12.1 Å². The van der Waals surface area contributed by atoms with Gasteiger partial charge in [-0.1, -0.05) is 6.08 Å². The van der Waals surface area contributed by atoms with Gasteiger partial charge in [0, 0.05) is 43.0 Å². The maximum absolute atomic E-state index is 14.3. The lowest BCUT2D eigenvalue weighted by molar-refractivity contribution is -0.132. The van der Waals surface area contributed by atoms with Gasteiger partial charge in [0.05, 0.1) is 30.7 Å². The average molecular weight is 575 g/mol. The Morgan fingerprint density at radius 1 is 1.24 bits per heavy atom. The summed E-state index contributed by atoms with van der Waals surface area (Å²) in [7, 11) is 0. The van der Waals surface area contributed by atoms with Crippen molar-refractivity contribution in [2.45, 2.75) is 17.3 Å².